The lowest BCUT2D eigenvalue weighted by molar-refractivity contribution is -0.141. The number of nitrogens with zero attached hydrogens (tertiary/aromatic N) is 1. The van der Waals surface area contributed by atoms with Crippen molar-refractivity contribution >= 4 is 5.97 Å². The summed E-state index contributed by atoms with van der Waals surface area (Å²) in [5.41, 5.74) is 3.86. The Labute approximate surface area is 168 Å². The third kappa shape index (κ3) is 2.84. The monoisotopic (exact) mass is 388 g/mol. The van der Waals surface area contributed by atoms with E-state index in [4.69, 9.17) is 9.84 Å². The minimum atomic E-state index is -0.168. The van der Waals surface area contributed by atoms with Gasteiger partial charge in [0, 0.05) is 17.7 Å². The number of aliphatic hydroxyl groups is 1. The first kappa shape index (κ1) is 19.9. The first-order valence-electron chi connectivity index (χ1n) is 11.2. The molecule has 1 heterocycles. The first-order chi connectivity index (χ1) is 13.3. The normalized spacial score (nSPS) is 39.2. The number of aryl methyl sites for hydroxylation is 1. The molecular weight excluding hydrogens is 352 g/mol. The van der Waals surface area contributed by atoms with E-state index >= 15 is 0 Å². The summed E-state index contributed by atoms with van der Waals surface area (Å²) >= 11 is 0. The van der Waals surface area contributed by atoms with Crippen molar-refractivity contribution in [3.05, 3.63) is 17.0 Å². The van der Waals surface area contributed by atoms with Crippen LogP contribution >= 0.6 is 0 Å². The molecule has 3 aliphatic carbocycles. The highest BCUT2D eigenvalue weighted by Gasteiger charge is 2.59. The van der Waals surface area contributed by atoms with Gasteiger partial charge in [-0.1, -0.05) is 27.2 Å². The molecule has 1 aromatic heterocycles. The Morgan fingerprint density at radius 3 is 2.79 bits per heavy atom. The zero-order chi connectivity index (χ0) is 20.1. The standard InChI is InChI=1S/C23H36N2O3/c1-5-6-17-21-18(25-24-17)13-14-15-7-8-19(26)22(15,2)11-9-16(14)23(21,3)12-10-20(27)28-4/h14-16,19,26H,5-13H2,1-4H3,(H,24,25)/t14-,15-,16-,19-,22-,23+/m0/s1. The second-order valence-electron chi connectivity index (χ2n) is 9.99. The molecule has 156 valence electrons. The fourth-order valence-electron chi connectivity index (χ4n) is 7.19. The fraction of sp³-hybridized carbons (Fsp3) is 0.826. The molecule has 4 rings (SSSR count). The summed E-state index contributed by atoms with van der Waals surface area (Å²) in [6, 6.07) is 0. The number of aliphatic hydroxyl groups excluding tert-OH is 1. The third-order valence-electron chi connectivity index (χ3n) is 8.70. The van der Waals surface area contributed by atoms with Gasteiger partial charge in [-0.2, -0.15) is 5.10 Å². The highest BCUT2D eigenvalue weighted by atomic mass is 16.5. The van der Waals surface area contributed by atoms with Crippen LogP contribution < -0.4 is 0 Å². The lowest BCUT2D eigenvalue weighted by Gasteiger charge is -2.56. The van der Waals surface area contributed by atoms with Crippen LogP contribution in [0.2, 0.25) is 0 Å². The Balaban J connectivity index is 1.74. The van der Waals surface area contributed by atoms with E-state index in [1.54, 1.807) is 0 Å². The van der Waals surface area contributed by atoms with Crippen LogP contribution in [-0.4, -0.2) is 34.5 Å². The molecule has 3 aliphatic rings. The summed E-state index contributed by atoms with van der Waals surface area (Å²) < 4.78 is 4.97. The van der Waals surface area contributed by atoms with Crippen LogP contribution in [0.15, 0.2) is 0 Å². The van der Waals surface area contributed by atoms with Crippen molar-refractivity contribution in [2.75, 3.05) is 7.11 Å². The van der Waals surface area contributed by atoms with Crippen molar-refractivity contribution in [1.82, 2.24) is 10.2 Å². The van der Waals surface area contributed by atoms with Crippen LogP contribution in [0.4, 0.5) is 0 Å². The van der Waals surface area contributed by atoms with E-state index in [0.717, 1.165) is 51.4 Å². The van der Waals surface area contributed by atoms with Gasteiger partial charge < -0.3 is 9.84 Å². The van der Waals surface area contributed by atoms with Gasteiger partial charge in [-0.3, -0.25) is 9.89 Å². The number of methoxy groups -OCH3 is 1. The maximum Gasteiger partial charge on any atom is 0.305 e. The van der Waals surface area contributed by atoms with Crippen LogP contribution in [0.3, 0.4) is 0 Å². The second-order valence-corrected chi connectivity index (χ2v) is 9.99. The Morgan fingerprint density at radius 2 is 2.07 bits per heavy atom. The Morgan fingerprint density at radius 1 is 1.29 bits per heavy atom. The summed E-state index contributed by atoms with van der Waals surface area (Å²) in [6.07, 6.45) is 8.47. The van der Waals surface area contributed by atoms with Crippen LogP contribution in [0.25, 0.3) is 0 Å². The number of aromatic nitrogens is 2. The van der Waals surface area contributed by atoms with Gasteiger partial charge in [0.15, 0.2) is 0 Å². The number of esters is 1. The van der Waals surface area contributed by atoms with Crippen molar-refractivity contribution in [2.45, 2.75) is 90.1 Å². The van der Waals surface area contributed by atoms with E-state index in [1.807, 2.05) is 0 Å². The molecule has 0 saturated heterocycles. The molecule has 0 unspecified atom stereocenters. The molecule has 1 aromatic rings. The maximum absolute atomic E-state index is 12.0. The number of ether oxygens (including phenoxy) is 1. The zero-order valence-corrected chi connectivity index (χ0v) is 17.9. The highest BCUT2D eigenvalue weighted by molar-refractivity contribution is 5.69. The average molecular weight is 389 g/mol. The molecule has 0 bridgehead atoms. The van der Waals surface area contributed by atoms with Crippen LogP contribution in [0, 0.1) is 23.2 Å². The molecule has 0 amide bonds. The molecule has 0 aromatic carbocycles. The number of hydrogen-bond donors (Lipinski definition) is 2. The van der Waals surface area contributed by atoms with Crippen LogP contribution in [0.5, 0.6) is 0 Å². The van der Waals surface area contributed by atoms with E-state index in [2.05, 4.69) is 25.9 Å². The van der Waals surface area contributed by atoms with Gasteiger partial charge >= 0.3 is 5.97 Å². The second kappa shape index (κ2) is 7.16. The van der Waals surface area contributed by atoms with Gasteiger partial charge in [0.05, 0.1) is 18.9 Å². The third-order valence-corrected chi connectivity index (χ3v) is 8.70. The number of carbonyl (C=O) groups excluding carboxylic acids is 1. The van der Waals surface area contributed by atoms with Crippen molar-refractivity contribution < 1.29 is 14.6 Å². The summed E-state index contributed by atoms with van der Waals surface area (Å²) in [6.45, 7) is 6.88. The predicted molar refractivity (Wildman–Crippen MR) is 108 cm³/mol. The smallest absolute Gasteiger partial charge is 0.305 e. The largest absolute Gasteiger partial charge is 0.469 e. The molecule has 2 saturated carbocycles. The molecule has 6 atom stereocenters. The van der Waals surface area contributed by atoms with Crippen LogP contribution in [0.1, 0.15) is 82.7 Å². The summed E-state index contributed by atoms with van der Waals surface area (Å²) in [5, 5.41) is 18.8. The number of hydrogen-bond acceptors (Lipinski definition) is 4. The minimum absolute atomic E-state index is 0.0498. The number of aromatic amines is 1. The molecule has 2 fully saturated rings. The van der Waals surface area contributed by atoms with Gasteiger partial charge in [0.1, 0.15) is 0 Å². The summed E-state index contributed by atoms with van der Waals surface area (Å²) in [4.78, 5) is 12.0. The topological polar surface area (TPSA) is 75.2 Å². The van der Waals surface area contributed by atoms with Gasteiger partial charge in [-0.05, 0) is 73.5 Å². The Kier molecular flexibility index (Phi) is 5.09. The molecule has 5 nitrogen and oxygen atoms in total. The van der Waals surface area contributed by atoms with Crippen LogP contribution in [-0.2, 0) is 27.8 Å². The highest BCUT2D eigenvalue weighted by Crippen LogP contribution is 2.63. The van der Waals surface area contributed by atoms with E-state index in [9.17, 15) is 9.90 Å². The number of H-pyrrole nitrogens is 1. The number of carbonyl (C=O) groups is 1. The van der Waals surface area contributed by atoms with Gasteiger partial charge in [0.25, 0.3) is 0 Å². The van der Waals surface area contributed by atoms with Crippen molar-refractivity contribution in [3.8, 4) is 0 Å². The molecule has 0 aliphatic heterocycles. The van der Waals surface area contributed by atoms with Crippen molar-refractivity contribution in [2.24, 2.45) is 23.2 Å². The maximum atomic E-state index is 12.0. The van der Waals surface area contributed by atoms with E-state index in [0.29, 0.717) is 24.2 Å². The quantitative estimate of drug-likeness (QED) is 0.750. The van der Waals surface area contributed by atoms with Gasteiger partial charge in [0.2, 0.25) is 0 Å². The fourth-order valence-corrected chi connectivity index (χ4v) is 7.19. The number of fused-ring (bicyclic) bond motifs is 4. The zero-order valence-electron chi connectivity index (χ0n) is 17.9. The summed E-state index contributed by atoms with van der Waals surface area (Å²) in [5.74, 6) is 1.54. The van der Waals surface area contributed by atoms with Gasteiger partial charge in [-0.25, -0.2) is 0 Å². The Hall–Kier alpha value is -1.36. The molecule has 5 heteroatoms. The SMILES string of the molecule is CCCc1n[nH]c2c1[C@](C)(CCC(=O)OC)[C@H]1CC[C@]3(C)[C@@H](O)CC[C@H]3[C@@H]1C2. The summed E-state index contributed by atoms with van der Waals surface area (Å²) in [7, 11) is 1.48. The van der Waals surface area contributed by atoms with Crippen molar-refractivity contribution in [3.63, 3.8) is 0 Å². The Bertz CT molecular complexity index is 744. The molecule has 0 spiro atoms. The predicted octanol–water partition coefficient (Wildman–Crippen LogP) is 3.93. The first-order valence-corrected chi connectivity index (χ1v) is 11.2. The molecule has 0 radical (unpaired) electrons. The lowest BCUT2D eigenvalue weighted by Crippen LogP contribution is -2.52. The van der Waals surface area contributed by atoms with E-state index < -0.39 is 0 Å². The van der Waals surface area contributed by atoms with E-state index in [-0.39, 0.29) is 22.9 Å². The molecular formula is C23H36N2O3. The molecule has 2 N–H and O–H groups in total. The number of rotatable bonds is 5. The van der Waals surface area contributed by atoms with Crippen molar-refractivity contribution in [1.29, 1.82) is 0 Å². The average Bonchev–Trinajstić information content (AvgIpc) is 3.22. The molecule has 28 heavy (non-hydrogen) atoms. The lowest BCUT2D eigenvalue weighted by atomic mass is 9.48. The number of nitrogens with one attached hydrogen (secondary N) is 1. The van der Waals surface area contributed by atoms with E-state index in [1.165, 1.54) is 24.1 Å². The minimum Gasteiger partial charge on any atom is -0.469 e. The van der Waals surface area contributed by atoms with Gasteiger partial charge in [-0.15, -0.1) is 0 Å².